The maximum Gasteiger partial charge on any atom is 0.279 e. The average molecular weight is 350 g/mol. The van der Waals surface area contributed by atoms with Crippen LogP contribution in [0.1, 0.15) is 33.1 Å². The Morgan fingerprint density at radius 3 is 2.64 bits per heavy atom. The zero-order valence-electron chi connectivity index (χ0n) is 15.3. The first-order valence-electron chi connectivity index (χ1n) is 9.01. The van der Waals surface area contributed by atoms with Gasteiger partial charge in [-0.25, -0.2) is 4.39 Å². The second-order valence-corrected chi connectivity index (χ2v) is 7.31. The first kappa shape index (κ1) is 19.4. The van der Waals surface area contributed by atoms with E-state index >= 15 is 0 Å². The third-order valence-electron chi connectivity index (χ3n) is 5.09. The van der Waals surface area contributed by atoms with Gasteiger partial charge in [0.25, 0.3) is 11.8 Å². The van der Waals surface area contributed by atoms with E-state index in [9.17, 15) is 14.0 Å². The van der Waals surface area contributed by atoms with Crippen LogP contribution in [-0.4, -0.2) is 38.0 Å². The predicted molar refractivity (Wildman–Crippen MR) is 95.8 cm³/mol. The zero-order valence-corrected chi connectivity index (χ0v) is 15.3. The molecule has 0 aliphatic heterocycles. The van der Waals surface area contributed by atoms with E-state index in [4.69, 9.17) is 0 Å². The van der Waals surface area contributed by atoms with Crippen LogP contribution in [0.25, 0.3) is 0 Å². The smallest absolute Gasteiger partial charge is 0.279 e. The predicted octanol–water partition coefficient (Wildman–Crippen LogP) is 1.22. The number of nitrogens with one attached hydrogen (secondary N) is 3. The number of hydrogen-bond acceptors (Lipinski definition) is 2. The van der Waals surface area contributed by atoms with Crippen LogP contribution in [0.4, 0.5) is 10.1 Å². The second-order valence-electron chi connectivity index (χ2n) is 7.31. The van der Waals surface area contributed by atoms with Crippen molar-refractivity contribution in [2.75, 3.05) is 25.5 Å². The Morgan fingerprint density at radius 1 is 1.20 bits per heavy atom. The molecule has 2 rings (SSSR count). The minimum Gasteiger partial charge on any atom is -0.348 e. The number of benzene rings is 1. The van der Waals surface area contributed by atoms with Crippen molar-refractivity contribution in [3.63, 3.8) is 0 Å². The molecule has 0 bridgehead atoms. The summed E-state index contributed by atoms with van der Waals surface area (Å²) in [5.74, 6) is 0.446. The molecule has 1 aliphatic rings. The minimum absolute atomic E-state index is 0.0259. The van der Waals surface area contributed by atoms with Crippen LogP contribution < -0.4 is 15.5 Å². The summed E-state index contributed by atoms with van der Waals surface area (Å²) in [4.78, 5) is 25.1. The fraction of sp³-hybridized carbons (Fsp3) is 0.579. The molecular formula is C19H29FN3O2+. The Hall–Kier alpha value is -1.95. The van der Waals surface area contributed by atoms with Gasteiger partial charge in [0.05, 0.1) is 7.05 Å². The Morgan fingerprint density at radius 2 is 1.92 bits per heavy atom. The highest BCUT2D eigenvalue weighted by atomic mass is 19.1. The van der Waals surface area contributed by atoms with Gasteiger partial charge in [-0.15, -0.1) is 0 Å². The fourth-order valence-electron chi connectivity index (χ4n) is 3.43. The summed E-state index contributed by atoms with van der Waals surface area (Å²) in [6, 6.07) is 6.00. The molecule has 1 unspecified atom stereocenters. The van der Waals surface area contributed by atoms with Gasteiger partial charge in [0.2, 0.25) is 0 Å². The van der Waals surface area contributed by atoms with Crippen molar-refractivity contribution in [1.82, 2.24) is 5.32 Å². The van der Waals surface area contributed by atoms with Gasteiger partial charge in [-0.3, -0.25) is 9.59 Å². The van der Waals surface area contributed by atoms with Crippen LogP contribution in [0, 0.1) is 17.7 Å². The van der Waals surface area contributed by atoms with Gasteiger partial charge in [-0.1, -0.05) is 32.8 Å². The molecule has 0 aromatic heterocycles. The molecule has 2 amide bonds. The summed E-state index contributed by atoms with van der Waals surface area (Å²) >= 11 is 0. The van der Waals surface area contributed by atoms with E-state index in [1.807, 2.05) is 0 Å². The van der Waals surface area contributed by atoms with Crippen molar-refractivity contribution in [3.05, 3.63) is 30.1 Å². The summed E-state index contributed by atoms with van der Waals surface area (Å²) in [7, 11) is 1.80. The highest BCUT2D eigenvalue weighted by molar-refractivity contribution is 5.91. The molecule has 3 N–H and O–H groups in total. The third kappa shape index (κ3) is 6.12. The maximum atomic E-state index is 13.1. The van der Waals surface area contributed by atoms with Crippen molar-refractivity contribution >= 4 is 17.5 Å². The molecule has 0 radical (unpaired) electrons. The summed E-state index contributed by atoms with van der Waals surface area (Å²) < 4.78 is 13.1. The van der Waals surface area contributed by atoms with E-state index in [0.29, 0.717) is 17.5 Å². The standard InChI is InChI=1S/C19H28FN3O2/c1-13-6-4-9-17(14(13)2)22-19(25)12-23(3)11-18(24)21-16-8-5-7-15(20)10-16/h5,7-8,10,13-14,17H,4,6,9,11-12H2,1-3H3,(H,21,24)(H,22,25)/p+1/t13-,14-,17-/m1/s1. The van der Waals surface area contributed by atoms with E-state index in [-0.39, 0.29) is 30.9 Å². The van der Waals surface area contributed by atoms with Crippen LogP contribution >= 0.6 is 0 Å². The zero-order chi connectivity index (χ0) is 18.4. The highest BCUT2D eigenvalue weighted by Crippen LogP contribution is 2.29. The number of rotatable bonds is 6. The van der Waals surface area contributed by atoms with E-state index in [1.165, 1.54) is 18.6 Å². The van der Waals surface area contributed by atoms with Gasteiger partial charge in [-0.05, 0) is 36.5 Å². The highest BCUT2D eigenvalue weighted by Gasteiger charge is 2.28. The lowest BCUT2D eigenvalue weighted by Gasteiger charge is -2.34. The van der Waals surface area contributed by atoms with Crippen molar-refractivity contribution in [1.29, 1.82) is 0 Å². The lowest BCUT2D eigenvalue weighted by atomic mass is 9.78. The molecule has 1 saturated carbocycles. The lowest BCUT2D eigenvalue weighted by molar-refractivity contribution is -0.862. The van der Waals surface area contributed by atoms with E-state index in [2.05, 4.69) is 24.5 Å². The fourth-order valence-corrected chi connectivity index (χ4v) is 3.43. The monoisotopic (exact) mass is 350 g/mol. The SMILES string of the molecule is C[C@@H]1[C@H](C)CCC[C@H]1NC(=O)C[NH+](C)CC(=O)Nc1cccc(F)c1. The summed E-state index contributed by atoms with van der Waals surface area (Å²) in [6.07, 6.45) is 3.39. The Labute approximate surface area is 149 Å². The minimum atomic E-state index is -0.395. The average Bonchev–Trinajstić information content (AvgIpc) is 2.51. The molecular weight excluding hydrogens is 321 g/mol. The number of carbonyl (C=O) groups excluding carboxylic acids is 2. The summed E-state index contributed by atoms with van der Waals surface area (Å²) in [5.41, 5.74) is 0.423. The van der Waals surface area contributed by atoms with Gasteiger partial charge < -0.3 is 15.5 Å². The van der Waals surface area contributed by atoms with Gasteiger partial charge in [0.1, 0.15) is 5.82 Å². The molecule has 6 heteroatoms. The number of halogens is 1. The number of carbonyl (C=O) groups is 2. The largest absolute Gasteiger partial charge is 0.348 e. The molecule has 0 heterocycles. The number of amides is 2. The van der Waals surface area contributed by atoms with Crippen molar-refractivity contribution in [2.24, 2.45) is 11.8 Å². The van der Waals surface area contributed by atoms with Gasteiger partial charge in [0, 0.05) is 11.7 Å². The van der Waals surface area contributed by atoms with Crippen LogP contribution in [0.15, 0.2) is 24.3 Å². The molecule has 1 aromatic carbocycles. The van der Waals surface area contributed by atoms with Gasteiger partial charge in [-0.2, -0.15) is 0 Å². The van der Waals surface area contributed by atoms with Crippen molar-refractivity contribution in [2.45, 2.75) is 39.2 Å². The van der Waals surface area contributed by atoms with Crippen molar-refractivity contribution in [3.8, 4) is 0 Å². The molecule has 0 saturated heterocycles. The number of likely N-dealkylation sites (N-methyl/N-ethyl adjacent to an activating group) is 1. The van der Waals surface area contributed by atoms with Gasteiger partial charge in [0.15, 0.2) is 13.1 Å². The Bertz CT molecular complexity index is 608. The second kappa shape index (κ2) is 8.94. The molecule has 1 aliphatic carbocycles. The van der Waals surface area contributed by atoms with Crippen LogP contribution in [0.5, 0.6) is 0 Å². The third-order valence-corrected chi connectivity index (χ3v) is 5.09. The first-order chi connectivity index (χ1) is 11.8. The molecule has 138 valence electrons. The molecule has 0 spiro atoms. The molecule has 1 aromatic rings. The molecule has 4 atom stereocenters. The first-order valence-corrected chi connectivity index (χ1v) is 9.01. The molecule has 1 fully saturated rings. The van der Waals surface area contributed by atoms with E-state index in [1.54, 1.807) is 19.2 Å². The topological polar surface area (TPSA) is 62.6 Å². The lowest BCUT2D eigenvalue weighted by Crippen LogP contribution is -3.11. The Balaban J connectivity index is 1.76. The maximum absolute atomic E-state index is 13.1. The molecule has 25 heavy (non-hydrogen) atoms. The number of anilines is 1. The molecule has 5 nitrogen and oxygen atoms in total. The van der Waals surface area contributed by atoms with E-state index in [0.717, 1.165) is 17.7 Å². The van der Waals surface area contributed by atoms with E-state index < -0.39 is 5.82 Å². The summed E-state index contributed by atoms with van der Waals surface area (Å²) in [5, 5.41) is 5.77. The Kier molecular flexibility index (Phi) is 6.93. The normalized spacial score (nSPS) is 24.4. The quantitative estimate of drug-likeness (QED) is 0.722. The number of hydrogen-bond donors (Lipinski definition) is 3. The van der Waals surface area contributed by atoms with Crippen LogP contribution in [0.3, 0.4) is 0 Å². The van der Waals surface area contributed by atoms with Crippen molar-refractivity contribution < 1.29 is 18.9 Å². The van der Waals surface area contributed by atoms with Crippen LogP contribution in [0.2, 0.25) is 0 Å². The van der Waals surface area contributed by atoms with Crippen LogP contribution in [-0.2, 0) is 9.59 Å². The summed E-state index contributed by atoms with van der Waals surface area (Å²) in [6.45, 7) is 4.82. The number of quaternary nitrogens is 1. The van der Waals surface area contributed by atoms with Gasteiger partial charge >= 0.3 is 0 Å².